The van der Waals surface area contributed by atoms with Gasteiger partial charge in [0.1, 0.15) is 0 Å². The molecule has 0 spiro atoms. The minimum atomic E-state index is 0.300. The molecule has 0 bridgehead atoms. The van der Waals surface area contributed by atoms with Gasteiger partial charge in [0, 0.05) is 5.88 Å². The highest BCUT2D eigenvalue weighted by molar-refractivity contribution is 6.17. The van der Waals surface area contributed by atoms with Gasteiger partial charge in [-0.15, -0.1) is 18.2 Å². The van der Waals surface area contributed by atoms with Crippen molar-refractivity contribution in [1.29, 1.82) is 0 Å². The van der Waals surface area contributed by atoms with Crippen LogP contribution in [0.1, 0.15) is 11.1 Å². The van der Waals surface area contributed by atoms with Crippen LogP contribution in [0.2, 0.25) is 0 Å². The van der Waals surface area contributed by atoms with E-state index in [4.69, 9.17) is 21.1 Å². The predicted octanol–water partition coefficient (Wildman–Crippen LogP) is 2.88. The van der Waals surface area contributed by atoms with Crippen molar-refractivity contribution in [1.82, 2.24) is 0 Å². The number of ether oxygens (including phenoxy) is 2. The highest BCUT2D eigenvalue weighted by Gasteiger charge is 2.15. The highest BCUT2D eigenvalue weighted by atomic mass is 35.5. The molecule has 0 saturated carbocycles. The van der Waals surface area contributed by atoms with E-state index < -0.39 is 0 Å². The summed E-state index contributed by atoms with van der Waals surface area (Å²) in [5.41, 5.74) is 2.23. The Bertz CT molecular complexity index is 361. The van der Waals surface area contributed by atoms with Crippen LogP contribution in [0.5, 0.6) is 11.5 Å². The molecule has 0 fully saturated rings. The SMILES string of the molecule is C=CCc1cc2c(cc1CCl)OCO2. The zero-order valence-corrected chi connectivity index (χ0v) is 8.51. The highest BCUT2D eigenvalue weighted by Crippen LogP contribution is 2.35. The Morgan fingerprint density at radius 3 is 2.50 bits per heavy atom. The third kappa shape index (κ3) is 1.58. The molecular weight excluding hydrogens is 200 g/mol. The normalized spacial score (nSPS) is 12.9. The van der Waals surface area contributed by atoms with E-state index in [1.54, 1.807) is 0 Å². The number of rotatable bonds is 3. The Morgan fingerprint density at radius 2 is 1.93 bits per heavy atom. The van der Waals surface area contributed by atoms with Crippen LogP contribution in [-0.4, -0.2) is 6.79 Å². The van der Waals surface area contributed by atoms with Crippen LogP contribution in [-0.2, 0) is 12.3 Å². The summed E-state index contributed by atoms with van der Waals surface area (Å²) in [6.07, 6.45) is 2.66. The lowest BCUT2D eigenvalue weighted by Crippen LogP contribution is -1.92. The second kappa shape index (κ2) is 3.93. The van der Waals surface area contributed by atoms with Gasteiger partial charge in [-0.2, -0.15) is 0 Å². The molecule has 3 heteroatoms. The monoisotopic (exact) mass is 210 g/mol. The lowest BCUT2D eigenvalue weighted by Gasteiger charge is -2.06. The summed E-state index contributed by atoms with van der Waals surface area (Å²) < 4.78 is 10.6. The quantitative estimate of drug-likeness (QED) is 0.564. The van der Waals surface area contributed by atoms with Crippen molar-refractivity contribution in [3.8, 4) is 11.5 Å². The van der Waals surface area contributed by atoms with Gasteiger partial charge in [-0.1, -0.05) is 6.08 Å². The average molecular weight is 211 g/mol. The van der Waals surface area contributed by atoms with E-state index in [-0.39, 0.29) is 0 Å². The summed E-state index contributed by atoms with van der Waals surface area (Å²) in [6.45, 7) is 4.01. The first-order valence-corrected chi connectivity index (χ1v) is 4.97. The van der Waals surface area contributed by atoms with Gasteiger partial charge in [-0.05, 0) is 29.7 Å². The zero-order valence-electron chi connectivity index (χ0n) is 7.75. The maximum atomic E-state index is 5.84. The lowest BCUT2D eigenvalue weighted by molar-refractivity contribution is 0.174. The predicted molar refractivity (Wildman–Crippen MR) is 56.0 cm³/mol. The van der Waals surface area contributed by atoms with Crippen LogP contribution >= 0.6 is 11.6 Å². The van der Waals surface area contributed by atoms with Crippen molar-refractivity contribution >= 4 is 11.6 Å². The summed E-state index contributed by atoms with van der Waals surface area (Å²) in [4.78, 5) is 0. The minimum Gasteiger partial charge on any atom is -0.454 e. The number of halogens is 1. The summed E-state index contributed by atoms with van der Waals surface area (Å²) in [6, 6.07) is 3.91. The number of hydrogen-bond donors (Lipinski definition) is 0. The Labute approximate surface area is 88.1 Å². The Balaban J connectivity index is 2.43. The molecule has 1 aromatic carbocycles. The van der Waals surface area contributed by atoms with E-state index in [1.165, 1.54) is 0 Å². The first-order chi connectivity index (χ1) is 6.85. The van der Waals surface area contributed by atoms with Crippen LogP contribution in [0.3, 0.4) is 0 Å². The number of alkyl halides is 1. The molecule has 0 aliphatic carbocycles. The average Bonchev–Trinajstić information content (AvgIpc) is 2.64. The smallest absolute Gasteiger partial charge is 0.231 e. The Morgan fingerprint density at radius 1 is 1.29 bits per heavy atom. The van der Waals surface area contributed by atoms with Crippen LogP contribution < -0.4 is 9.47 Å². The van der Waals surface area contributed by atoms with Gasteiger partial charge in [0.2, 0.25) is 6.79 Å². The second-order valence-electron chi connectivity index (χ2n) is 3.10. The molecule has 1 aliphatic rings. The molecule has 0 atom stereocenters. The fraction of sp³-hybridized carbons (Fsp3) is 0.273. The minimum absolute atomic E-state index is 0.300. The molecule has 0 radical (unpaired) electrons. The lowest BCUT2D eigenvalue weighted by atomic mass is 10.0. The molecular formula is C11H11ClO2. The molecule has 2 nitrogen and oxygen atoms in total. The zero-order chi connectivity index (χ0) is 9.97. The molecule has 2 rings (SSSR count). The number of benzene rings is 1. The van der Waals surface area contributed by atoms with Gasteiger partial charge in [0.25, 0.3) is 0 Å². The second-order valence-corrected chi connectivity index (χ2v) is 3.37. The van der Waals surface area contributed by atoms with E-state index in [2.05, 4.69) is 6.58 Å². The van der Waals surface area contributed by atoms with E-state index in [0.717, 1.165) is 29.0 Å². The number of hydrogen-bond acceptors (Lipinski definition) is 2. The van der Waals surface area contributed by atoms with Crippen LogP contribution in [0, 0.1) is 0 Å². The molecule has 0 amide bonds. The van der Waals surface area contributed by atoms with Crippen molar-refractivity contribution in [3.05, 3.63) is 35.9 Å². The van der Waals surface area contributed by atoms with Crippen molar-refractivity contribution in [3.63, 3.8) is 0 Å². The van der Waals surface area contributed by atoms with E-state index >= 15 is 0 Å². The van der Waals surface area contributed by atoms with Crippen LogP contribution in [0.25, 0.3) is 0 Å². The Kier molecular flexibility index (Phi) is 2.64. The third-order valence-corrected chi connectivity index (χ3v) is 2.49. The molecule has 1 heterocycles. The fourth-order valence-corrected chi connectivity index (χ4v) is 1.74. The van der Waals surface area contributed by atoms with Crippen molar-refractivity contribution < 1.29 is 9.47 Å². The van der Waals surface area contributed by atoms with Gasteiger partial charge in [-0.3, -0.25) is 0 Å². The molecule has 0 N–H and O–H groups in total. The molecule has 1 aromatic rings. The summed E-state index contributed by atoms with van der Waals surface area (Å²) in [5.74, 6) is 2.07. The summed E-state index contributed by atoms with van der Waals surface area (Å²) >= 11 is 5.84. The van der Waals surface area contributed by atoms with Gasteiger partial charge >= 0.3 is 0 Å². The fourth-order valence-electron chi connectivity index (χ4n) is 1.50. The first kappa shape index (κ1) is 9.41. The van der Waals surface area contributed by atoms with E-state index in [0.29, 0.717) is 12.7 Å². The number of fused-ring (bicyclic) bond motifs is 1. The molecule has 0 unspecified atom stereocenters. The van der Waals surface area contributed by atoms with E-state index in [1.807, 2.05) is 18.2 Å². The first-order valence-electron chi connectivity index (χ1n) is 4.43. The molecule has 74 valence electrons. The molecule has 14 heavy (non-hydrogen) atoms. The van der Waals surface area contributed by atoms with Crippen LogP contribution in [0.15, 0.2) is 24.8 Å². The maximum absolute atomic E-state index is 5.84. The molecule has 0 aromatic heterocycles. The molecule has 1 aliphatic heterocycles. The van der Waals surface area contributed by atoms with Gasteiger partial charge in [-0.25, -0.2) is 0 Å². The van der Waals surface area contributed by atoms with Crippen molar-refractivity contribution in [2.45, 2.75) is 12.3 Å². The Hall–Kier alpha value is -1.15. The van der Waals surface area contributed by atoms with Gasteiger partial charge < -0.3 is 9.47 Å². The maximum Gasteiger partial charge on any atom is 0.231 e. The topological polar surface area (TPSA) is 18.5 Å². The van der Waals surface area contributed by atoms with E-state index in [9.17, 15) is 0 Å². The summed E-state index contributed by atoms with van der Waals surface area (Å²) in [7, 11) is 0. The van der Waals surface area contributed by atoms with Gasteiger partial charge in [0.15, 0.2) is 11.5 Å². The largest absolute Gasteiger partial charge is 0.454 e. The molecule has 0 saturated heterocycles. The number of allylic oxidation sites excluding steroid dienone is 1. The summed E-state index contributed by atoms with van der Waals surface area (Å²) in [5, 5.41) is 0. The van der Waals surface area contributed by atoms with Crippen LogP contribution in [0.4, 0.5) is 0 Å². The van der Waals surface area contributed by atoms with Gasteiger partial charge in [0.05, 0.1) is 0 Å². The standard InChI is InChI=1S/C11H11ClO2/c1-2-3-8-4-10-11(14-7-13-10)5-9(8)6-12/h2,4-5H,1,3,6-7H2. The van der Waals surface area contributed by atoms with Crippen molar-refractivity contribution in [2.75, 3.05) is 6.79 Å². The van der Waals surface area contributed by atoms with Crippen molar-refractivity contribution in [2.24, 2.45) is 0 Å². The third-order valence-electron chi connectivity index (χ3n) is 2.20.